The Morgan fingerprint density at radius 2 is 2.00 bits per heavy atom. The number of nitrogens with zero attached hydrogens (tertiary/aromatic N) is 1. The van der Waals surface area contributed by atoms with E-state index in [1.54, 1.807) is 45.0 Å². The van der Waals surface area contributed by atoms with Crippen LogP contribution >= 0.6 is 0 Å². The lowest BCUT2D eigenvalue weighted by Crippen LogP contribution is -2.26. The van der Waals surface area contributed by atoms with Crippen LogP contribution in [0, 0.1) is 11.3 Å². The molecule has 0 aromatic heterocycles. The van der Waals surface area contributed by atoms with Gasteiger partial charge in [-0.05, 0) is 26.8 Å². The van der Waals surface area contributed by atoms with Gasteiger partial charge < -0.3 is 9.84 Å². The lowest BCUT2D eigenvalue weighted by Gasteiger charge is -2.22. The van der Waals surface area contributed by atoms with Gasteiger partial charge >= 0.3 is 5.97 Å². The van der Waals surface area contributed by atoms with Crippen molar-refractivity contribution in [3.05, 3.63) is 47.5 Å². The molecule has 0 amide bonds. The standard InChI is InChI=1S/C15H17NO3/c1-10(14(18)19-15(2,3)4)13(17)12-8-6-5-7-11(12)9-16/h5-8,13,17H,1H2,2-4H3. The summed E-state index contributed by atoms with van der Waals surface area (Å²) in [5.41, 5.74) is -0.0905. The molecule has 0 heterocycles. The second kappa shape index (κ2) is 5.68. The van der Waals surface area contributed by atoms with Crippen molar-refractivity contribution in [1.82, 2.24) is 0 Å². The number of ether oxygens (including phenoxy) is 1. The van der Waals surface area contributed by atoms with Gasteiger partial charge in [0.25, 0.3) is 0 Å². The van der Waals surface area contributed by atoms with Crippen molar-refractivity contribution >= 4 is 5.97 Å². The van der Waals surface area contributed by atoms with Gasteiger partial charge in [-0.3, -0.25) is 0 Å². The van der Waals surface area contributed by atoms with E-state index >= 15 is 0 Å². The van der Waals surface area contributed by atoms with Crippen LogP contribution in [-0.4, -0.2) is 16.7 Å². The lowest BCUT2D eigenvalue weighted by atomic mass is 9.98. The zero-order chi connectivity index (χ0) is 14.6. The quantitative estimate of drug-likeness (QED) is 0.668. The minimum atomic E-state index is -1.24. The molecule has 0 spiro atoms. The number of aliphatic hydroxyl groups is 1. The van der Waals surface area contributed by atoms with Gasteiger partial charge in [0.2, 0.25) is 0 Å². The van der Waals surface area contributed by atoms with Crippen LogP contribution in [0.3, 0.4) is 0 Å². The highest BCUT2D eigenvalue weighted by atomic mass is 16.6. The van der Waals surface area contributed by atoms with Gasteiger partial charge in [-0.1, -0.05) is 24.8 Å². The molecule has 0 saturated heterocycles. The molecule has 1 aromatic carbocycles. The van der Waals surface area contributed by atoms with Gasteiger partial charge in [0.1, 0.15) is 11.7 Å². The first-order valence-corrected chi connectivity index (χ1v) is 5.85. The second-order valence-electron chi connectivity index (χ2n) is 5.13. The predicted octanol–water partition coefficient (Wildman–Crippen LogP) is 2.49. The molecular formula is C15H17NO3. The Morgan fingerprint density at radius 1 is 1.42 bits per heavy atom. The molecule has 1 atom stereocenters. The van der Waals surface area contributed by atoms with Gasteiger partial charge in [-0.2, -0.15) is 5.26 Å². The van der Waals surface area contributed by atoms with E-state index in [0.29, 0.717) is 11.1 Å². The molecule has 1 aromatic rings. The Morgan fingerprint density at radius 3 is 2.53 bits per heavy atom. The van der Waals surface area contributed by atoms with Crippen LogP contribution in [-0.2, 0) is 9.53 Å². The van der Waals surface area contributed by atoms with E-state index in [2.05, 4.69) is 6.58 Å². The minimum Gasteiger partial charge on any atom is -0.457 e. The van der Waals surface area contributed by atoms with Crippen LogP contribution in [0.2, 0.25) is 0 Å². The number of benzene rings is 1. The zero-order valence-corrected chi connectivity index (χ0v) is 11.3. The van der Waals surface area contributed by atoms with Crippen LogP contribution in [0.15, 0.2) is 36.4 Å². The molecule has 0 saturated carbocycles. The molecule has 0 fully saturated rings. The van der Waals surface area contributed by atoms with Crippen LogP contribution in [0.4, 0.5) is 0 Å². The highest BCUT2D eigenvalue weighted by molar-refractivity contribution is 5.89. The summed E-state index contributed by atoms with van der Waals surface area (Å²) in [4.78, 5) is 11.8. The summed E-state index contributed by atoms with van der Waals surface area (Å²) in [6.07, 6.45) is -1.24. The molecule has 0 aliphatic carbocycles. The van der Waals surface area contributed by atoms with Gasteiger partial charge in [0.15, 0.2) is 0 Å². The number of carbonyl (C=O) groups excluding carboxylic acids is 1. The molecule has 100 valence electrons. The Balaban J connectivity index is 2.95. The third-order valence-corrected chi connectivity index (χ3v) is 2.37. The summed E-state index contributed by atoms with van der Waals surface area (Å²) in [6, 6.07) is 8.49. The number of esters is 1. The Labute approximate surface area is 112 Å². The van der Waals surface area contributed by atoms with Crippen LogP contribution in [0.5, 0.6) is 0 Å². The normalized spacial score (nSPS) is 12.4. The van der Waals surface area contributed by atoms with E-state index in [1.807, 2.05) is 6.07 Å². The summed E-state index contributed by atoms with van der Waals surface area (Å²) in [7, 11) is 0. The number of aliphatic hydroxyl groups excluding tert-OH is 1. The SMILES string of the molecule is C=C(C(=O)OC(C)(C)C)C(O)c1ccccc1C#N. The molecule has 0 bridgehead atoms. The Kier molecular flexibility index (Phi) is 4.47. The van der Waals surface area contributed by atoms with Gasteiger partial charge in [0.05, 0.1) is 17.2 Å². The van der Waals surface area contributed by atoms with E-state index in [0.717, 1.165) is 0 Å². The van der Waals surface area contributed by atoms with Crippen LogP contribution in [0.1, 0.15) is 38.0 Å². The monoisotopic (exact) mass is 259 g/mol. The van der Waals surface area contributed by atoms with E-state index in [4.69, 9.17) is 10.00 Å². The average Bonchev–Trinajstić information content (AvgIpc) is 2.34. The first kappa shape index (κ1) is 14.9. The molecule has 1 rings (SSSR count). The smallest absolute Gasteiger partial charge is 0.336 e. The first-order valence-electron chi connectivity index (χ1n) is 5.85. The fraction of sp³-hybridized carbons (Fsp3) is 0.333. The van der Waals surface area contributed by atoms with Crippen LogP contribution in [0.25, 0.3) is 0 Å². The lowest BCUT2D eigenvalue weighted by molar-refractivity contribution is -0.151. The van der Waals surface area contributed by atoms with Gasteiger partial charge in [-0.25, -0.2) is 4.79 Å². The Bertz CT molecular complexity index is 535. The maximum Gasteiger partial charge on any atom is 0.336 e. The summed E-state index contributed by atoms with van der Waals surface area (Å²) in [5, 5.41) is 19.1. The van der Waals surface area contributed by atoms with E-state index in [9.17, 15) is 9.90 Å². The molecule has 1 N–H and O–H groups in total. The number of hydrogen-bond acceptors (Lipinski definition) is 4. The average molecular weight is 259 g/mol. The molecule has 1 unspecified atom stereocenters. The van der Waals surface area contributed by atoms with Crippen molar-refractivity contribution < 1.29 is 14.6 Å². The predicted molar refractivity (Wildman–Crippen MR) is 71.1 cm³/mol. The largest absolute Gasteiger partial charge is 0.457 e. The highest BCUT2D eigenvalue weighted by Crippen LogP contribution is 2.25. The minimum absolute atomic E-state index is 0.0855. The summed E-state index contributed by atoms with van der Waals surface area (Å²) < 4.78 is 5.13. The molecule has 0 aliphatic heterocycles. The molecule has 4 nitrogen and oxygen atoms in total. The number of rotatable bonds is 3. The topological polar surface area (TPSA) is 70.3 Å². The number of carbonyl (C=O) groups is 1. The van der Waals surface area contributed by atoms with Crippen molar-refractivity contribution in [2.45, 2.75) is 32.5 Å². The second-order valence-corrected chi connectivity index (χ2v) is 5.13. The third kappa shape index (κ3) is 3.94. The molecule has 0 radical (unpaired) electrons. The first-order chi connectivity index (χ1) is 8.76. The number of nitriles is 1. The maximum atomic E-state index is 11.8. The molecule has 19 heavy (non-hydrogen) atoms. The van der Waals surface area contributed by atoms with E-state index < -0.39 is 17.7 Å². The van der Waals surface area contributed by atoms with Crippen molar-refractivity contribution in [3.8, 4) is 6.07 Å². The fourth-order valence-corrected chi connectivity index (χ4v) is 1.48. The van der Waals surface area contributed by atoms with Crippen LogP contribution < -0.4 is 0 Å². The highest BCUT2D eigenvalue weighted by Gasteiger charge is 2.25. The molecule has 4 heteroatoms. The zero-order valence-electron chi connectivity index (χ0n) is 11.3. The van der Waals surface area contributed by atoms with Crippen molar-refractivity contribution in [1.29, 1.82) is 5.26 Å². The Hall–Kier alpha value is -2.12. The third-order valence-electron chi connectivity index (χ3n) is 2.37. The van der Waals surface area contributed by atoms with Gasteiger partial charge in [0, 0.05) is 5.56 Å². The summed E-state index contributed by atoms with van der Waals surface area (Å²) >= 11 is 0. The van der Waals surface area contributed by atoms with Crippen molar-refractivity contribution in [2.24, 2.45) is 0 Å². The van der Waals surface area contributed by atoms with E-state index in [1.165, 1.54) is 0 Å². The summed E-state index contributed by atoms with van der Waals surface area (Å²) in [6.45, 7) is 8.75. The fourth-order valence-electron chi connectivity index (χ4n) is 1.48. The van der Waals surface area contributed by atoms with Crippen molar-refractivity contribution in [3.63, 3.8) is 0 Å². The summed E-state index contributed by atoms with van der Waals surface area (Å²) in [5.74, 6) is -0.673. The molecule has 0 aliphatic rings. The number of hydrogen-bond donors (Lipinski definition) is 1. The maximum absolute atomic E-state index is 11.8. The van der Waals surface area contributed by atoms with E-state index in [-0.39, 0.29) is 5.57 Å². The van der Waals surface area contributed by atoms with Crippen molar-refractivity contribution in [2.75, 3.05) is 0 Å². The molecular weight excluding hydrogens is 242 g/mol. The van der Waals surface area contributed by atoms with Gasteiger partial charge in [-0.15, -0.1) is 0 Å².